The molecule has 1 aromatic carbocycles. The van der Waals surface area contributed by atoms with E-state index in [-0.39, 0.29) is 5.82 Å². The number of hydrogen-bond donors (Lipinski definition) is 1. The van der Waals surface area contributed by atoms with Crippen molar-refractivity contribution < 1.29 is 9.52 Å². The number of nitriles is 1. The second kappa shape index (κ2) is 9.06. The van der Waals surface area contributed by atoms with Gasteiger partial charge >= 0.3 is 0 Å². The maximum absolute atomic E-state index is 11.8. The van der Waals surface area contributed by atoms with Crippen molar-refractivity contribution in [3.05, 3.63) is 58.8 Å². The average Bonchev–Trinajstić information content (AvgIpc) is 3.44. The van der Waals surface area contributed by atoms with Crippen LogP contribution >= 0.6 is 11.6 Å². The Balaban J connectivity index is 1.77. The van der Waals surface area contributed by atoms with Gasteiger partial charge in [-0.25, -0.2) is 15.0 Å². The fourth-order valence-corrected chi connectivity index (χ4v) is 5.31. The van der Waals surface area contributed by atoms with E-state index in [1.54, 1.807) is 19.9 Å². The van der Waals surface area contributed by atoms with Gasteiger partial charge in [-0.1, -0.05) is 43.5 Å². The second-order valence-corrected chi connectivity index (χ2v) is 10.1. The molecule has 0 spiro atoms. The lowest BCUT2D eigenvalue weighted by Crippen LogP contribution is -2.30. The average molecular weight is 491 g/mol. The molecule has 1 N–H and O–H groups in total. The molecule has 5 rings (SSSR count). The number of rotatable bonds is 5. The normalized spacial score (nSPS) is 20.0. The second-order valence-electron chi connectivity index (χ2n) is 9.69. The summed E-state index contributed by atoms with van der Waals surface area (Å²) < 4.78 is 7.41. The molecular weight excluding hydrogens is 464 g/mol. The fraction of sp³-hybridized carbons (Fsp3) is 0.423. The maximum Gasteiger partial charge on any atom is 0.234 e. The van der Waals surface area contributed by atoms with Crippen molar-refractivity contribution in [2.45, 2.75) is 58.6 Å². The van der Waals surface area contributed by atoms with Crippen molar-refractivity contribution in [1.82, 2.24) is 24.5 Å². The van der Waals surface area contributed by atoms with Crippen LogP contribution in [0, 0.1) is 30.1 Å². The van der Waals surface area contributed by atoms with Crippen LogP contribution < -0.4 is 0 Å². The molecule has 35 heavy (non-hydrogen) atoms. The zero-order chi connectivity index (χ0) is 24.7. The third-order valence-corrected chi connectivity index (χ3v) is 7.25. The summed E-state index contributed by atoms with van der Waals surface area (Å²) in [5, 5.41) is 22.0. The number of halogens is 1. The van der Waals surface area contributed by atoms with E-state index >= 15 is 0 Å². The van der Waals surface area contributed by atoms with Gasteiger partial charge in [-0.2, -0.15) is 10.2 Å². The van der Waals surface area contributed by atoms with Crippen LogP contribution in [-0.4, -0.2) is 29.6 Å². The Morgan fingerprint density at radius 2 is 2.00 bits per heavy atom. The van der Waals surface area contributed by atoms with E-state index in [2.05, 4.69) is 21.9 Å². The molecule has 3 aromatic heterocycles. The predicted molar refractivity (Wildman–Crippen MR) is 132 cm³/mol. The molecule has 3 heterocycles. The Bertz CT molecular complexity index is 1430. The summed E-state index contributed by atoms with van der Waals surface area (Å²) in [5.74, 6) is 2.05. The van der Waals surface area contributed by atoms with Gasteiger partial charge in [-0.15, -0.1) is 0 Å². The van der Waals surface area contributed by atoms with E-state index in [9.17, 15) is 10.4 Å². The molecule has 1 aliphatic rings. The highest BCUT2D eigenvalue weighted by Gasteiger charge is 2.38. The van der Waals surface area contributed by atoms with Crippen LogP contribution in [0.1, 0.15) is 62.6 Å². The predicted octanol–water partition coefficient (Wildman–Crippen LogP) is 5.40. The largest absolute Gasteiger partial charge is 0.448 e. The zero-order valence-corrected chi connectivity index (χ0v) is 20.7. The van der Waals surface area contributed by atoms with Crippen LogP contribution in [-0.2, 0) is 12.1 Å². The third kappa shape index (κ3) is 4.30. The van der Waals surface area contributed by atoms with Crippen LogP contribution in [0.3, 0.4) is 0 Å². The van der Waals surface area contributed by atoms with Crippen LogP contribution in [0.2, 0.25) is 5.02 Å². The molecule has 180 valence electrons. The van der Waals surface area contributed by atoms with Gasteiger partial charge in [0, 0.05) is 17.1 Å². The highest BCUT2D eigenvalue weighted by molar-refractivity contribution is 6.30. The van der Waals surface area contributed by atoms with Crippen LogP contribution in [0.15, 0.2) is 35.1 Å². The first-order valence-electron chi connectivity index (χ1n) is 11.9. The zero-order valence-electron chi connectivity index (χ0n) is 20.0. The molecule has 4 aromatic rings. The number of nitrogens with zero attached hydrogens (tertiary/aromatic N) is 6. The Kier molecular flexibility index (Phi) is 6.07. The minimum atomic E-state index is -1.54. The molecule has 1 aliphatic carbocycles. The first-order valence-corrected chi connectivity index (χ1v) is 12.2. The van der Waals surface area contributed by atoms with Gasteiger partial charge in [-0.05, 0) is 50.7 Å². The van der Waals surface area contributed by atoms with E-state index in [1.165, 1.54) is 19.2 Å². The van der Waals surface area contributed by atoms with E-state index in [0.717, 1.165) is 24.3 Å². The molecule has 9 heteroatoms. The standard InChI is InChI=1S/C26H27ClN6O2/c1-15-7-9-17(10-8-15)13-33-22-21(18-5-4-6-19(27)11-18)30-20(12-28)31-24(22)32-25(33)26(3,34)23-16(2)35-14-29-23/h4-6,11,14-15,17,34H,7-10,13H2,1-3H3/t15-,17-,26?. The minimum absolute atomic E-state index is 0.00688. The van der Waals surface area contributed by atoms with Crippen molar-refractivity contribution in [1.29, 1.82) is 5.26 Å². The number of oxazole rings is 1. The molecule has 1 atom stereocenters. The lowest BCUT2D eigenvalue weighted by Gasteiger charge is -2.29. The highest BCUT2D eigenvalue weighted by atomic mass is 35.5. The molecule has 0 aliphatic heterocycles. The summed E-state index contributed by atoms with van der Waals surface area (Å²) in [6.45, 7) is 6.36. The summed E-state index contributed by atoms with van der Waals surface area (Å²) in [5.41, 5.74) is 1.18. The molecule has 1 fully saturated rings. The number of aliphatic hydroxyl groups is 1. The smallest absolute Gasteiger partial charge is 0.234 e. The van der Waals surface area contributed by atoms with E-state index < -0.39 is 5.60 Å². The molecule has 8 nitrogen and oxygen atoms in total. The van der Waals surface area contributed by atoms with Crippen molar-refractivity contribution in [3.8, 4) is 17.3 Å². The number of aromatic nitrogens is 5. The topological polar surface area (TPSA) is 114 Å². The summed E-state index contributed by atoms with van der Waals surface area (Å²) in [7, 11) is 0. The molecule has 0 bridgehead atoms. The molecule has 1 saturated carbocycles. The summed E-state index contributed by atoms with van der Waals surface area (Å²) in [4.78, 5) is 18.0. The number of hydrogen-bond acceptors (Lipinski definition) is 7. The minimum Gasteiger partial charge on any atom is -0.448 e. The Hall–Kier alpha value is -3.28. The monoisotopic (exact) mass is 490 g/mol. The van der Waals surface area contributed by atoms with Gasteiger partial charge in [0.25, 0.3) is 0 Å². The van der Waals surface area contributed by atoms with Gasteiger partial charge in [0.05, 0.1) is 0 Å². The summed E-state index contributed by atoms with van der Waals surface area (Å²) in [6.07, 6.45) is 5.84. The first kappa shape index (κ1) is 23.5. The van der Waals surface area contributed by atoms with Gasteiger partial charge in [0.1, 0.15) is 34.6 Å². The number of imidazole rings is 1. The lowest BCUT2D eigenvalue weighted by atomic mass is 9.83. The molecule has 0 saturated heterocycles. The van der Waals surface area contributed by atoms with Crippen LogP contribution in [0.5, 0.6) is 0 Å². The summed E-state index contributed by atoms with van der Waals surface area (Å²) >= 11 is 6.30. The molecule has 1 unspecified atom stereocenters. The molecule has 0 amide bonds. The number of aryl methyl sites for hydroxylation is 1. The van der Waals surface area contributed by atoms with E-state index in [0.29, 0.717) is 51.6 Å². The van der Waals surface area contributed by atoms with Crippen molar-refractivity contribution in [2.24, 2.45) is 11.8 Å². The van der Waals surface area contributed by atoms with Gasteiger partial charge in [-0.3, -0.25) is 0 Å². The van der Waals surface area contributed by atoms with Crippen LogP contribution in [0.4, 0.5) is 0 Å². The van der Waals surface area contributed by atoms with Crippen LogP contribution in [0.25, 0.3) is 22.4 Å². The Labute approximate surface area is 208 Å². The molecular formula is C26H27ClN6O2. The Morgan fingerprint density at radius 1 is 1.23 bits per heavy atom. The van der Waals surface area contributed by atoms with E-state index in [4.69, 9.17) is 21.0 Å². The maximum atomic E-state index is 11.8. The SMILES string of the molecule is Cc1ocnc1C(C)(O)c1nc2nc(C#N)nc(-c3cccc(Cl)c3)c2n1C[C@H]1CC[C@H](C)CC1. The Morgan fingerprint density at radius 3 is 2.66 bits per heavy atom. The molecule has 0 radical (unpaired) electrons. The van der Waals surface area contributed by atoms with Gasteiger partial charge in [0.15, 0.2) is 17.6 Å². The van der Waals surface area contributed by atoms with Gasteiger partial charge in [0.2, 0.25) is 5.82 Å². The first-order chi connectivity index (χ1) is 16.8. The van der Waals surface area contributed by atoms with Crippen molar-refractivity contribution in [3.63, 3.8) is 0 Å². The highest BCUT2D eigenvalue weighted by Crippen LogP contribution is 2.38. The number of benzene rings is 1. The number of fused-ring (bicyclic) bond motifs is 1. The fourth-order valence-electron chi connectivity index (χ4n) is 5.12. The third-order valence-electron chi connectivity index (χ3n) is 7.02. The van der Waals surface area contributed by atoms with Crippen molar-refractivity contribution >= 4 is 22.8 Å². The van der Waals surface area contributed by atoms with Crippen molar-refractivity contribution in [2.75, 3.05) is 0 Å². The lowest BCUT2D eigenvalue weighted by molar-refractivity contribution is 0.0810. The quantitative estimate of drug-likeness (QED) is 0.398. The van der Waals surface area contributed by atoms with Gasteiger partial charge < -0.3 is 14.1 Å². The van der Waals surface area contributed by atoms with E-state index in [1.807, 2.05) is 28.8 Å². The summed E-state index contributed by atoms with van der Waals surface area (Å²) in [6, 6.07) is 9.38.